The molecule has 1 aromatic carbocycles. The van der Waals surface area contributed by atoms with Crippen molar-refractivity contribution in [2.45, 2.75) is 0 Å². The standard InChI is InChI=1S/C11H14N2O3/c1-13(2)9-4-3-8(6-14)10(5-9)16-7-11(12)15/h3-6H,7H2,1-2H3,(H2,12,15). The van der Waals surface area contributed by atoms with Gasteiger partial charge in [-0.3, -0.25) is 9.59 Å². The molecule has 0 fully saturated rings. The predicted molar refractivity (Wildman–Crippen MR) is 60.8 cm³/mol. The van der Waals surface area contributed by atoms with Gasteiger partial charge in [0.1, 0.15) is 5.75 Å². The fourth-order valence-electron chi connectivity index (χ4n) is 1.17. The zero-order valence-corrected chi connectivity index (χ0v) is 9.27. The van der Waals surface area contributed by atoms with Crippen LogP contribution < -0.4 is 15.4 Å². The van der Waals surface area contributed by atoms with Gasteiger partial charge in [-0.05, 0) is 12.1 Å². The van der Waals surface area contributed by atoms with Crippen LogP contribution in [0.15, 0.2) is 18.2 Å². The second-order valence-corrected chi connectivity index (χ2v) is 3.49. The average molecular weight is 222 g/mol. The second kappa shape index (κ2) is 5.16. The number of nitrogens with two attached hydrogens (primary N) is 1. The van der Waals surface area contributed by atoms with E-state index in [1.165, 1.54) is 0 Å². The van der Waals surface area contributed by atoms with E-state index in [1.54, 1.807) is 18.2 Å². The molecule has 0 saturated carbocycles. The topological polar surface area (TPSA) is 72.6 Å². The highest BCUT2D eigenvalue weighted by Crippen LogP contribution is 2.23. The lowest BCUT2D eigenvalue weighted by Crippen LogP contribution is -2.20. The molecule has 0 aliphatic heterocycles. The number of primary amides is 1. The Bertz CT molecular complexity index is 402. The number of hydrogen-bond acceptors (Lipinski definition) is 4. The summed E-state index contributed by atoms with van der Waals surface area (Å²) in [6.45, 7) is -0.238. The minimum absolute atomic E-state index is 0.238. The van der Waals surface area contributed by atoms with Gasteiger partial charge in [-0.15, -0.1) is 0 Å². The zero-order valence-electron chi connectivity index (χ0n) is 9.27. The molecule has 0 bridgehead atoms. The first kappa shape index (κ1) is 12.0. The predicted octanol–water partition coefficient (Wildman–Crippen LogP) is 0.429. The van der Waals surface area contributed by atoms with Crippen molar-refractivity contribution in [1.29, 1.82) is 0 Å². The molecular weight excluding hydrogens is 208 g/mol. The Morgan fingerprint density at radius 2 is 2.19 bits per heavy atom. The van der Waals surface area contributed by atoms with Gasteiger partial charge >= 0.3 is 0 Å². The van der Waals surface area contributed by atoms with E-state index in [4.69, 9.17) is 10.5 Å². The SMILES string of the molecule is CN(C)c1ccc(C=O)c(OCC(N)=O)c1. The van der Waals surface area contributed by atoms with Crippen LogP contribution in [0.4, 0.5) is 5.69 Å². The van der Waals surface area contributed by atoms with Gasteiger partial charge in [0.2, 0.25) is 0 Å². The van der Waals surface area contributed by atoms with Gasteiger partial charge in [0, 0.05) is 25.8 Å². The van der Waals surface area contributed by atoms with Crippen LogP contribution in [-0.4, -0.2) is 32.9 Å². The summed E-state index contributed by atoms with van der Waals surface area (Å²) in [5, 5.41) is 0. The van der Waals surface area contributed by atoms with Crippen molar-refractivity contribution in [3.63, 3.8) is 0 Å². The number of nitrogens with zero attached hydrogens (tertiary/aromatic N) is 1. The second-order valence-electron chi connectivity index (χ2n) is 3.49. The Morgan fingerprint density at radius 1 is 1.50 bits per heavy atom. The third-order valence-electron chi connectivity index (χ3n) is 2.01. The first-order valence-corrected chi connectivity index (χ1v) is 4.72. The van der Waals surface area contributed by atoms with Gasteiger partial charge < -0.3 is 15.4 Å². The molecule has 0 aliphatic rings. The third kappa shape index (κ3) is 2.98. The van der Waals surface area contributed by atoms with Gasteiger partial charge in [0.15, 0.2) is 12.9 Å². The van der Waals surface area contributed by atoms with Crippen LogP contribution in [0.2, 0.25) is 0 Å². The maximum Gasteiger partial charge on any atom is 0.255 e. The number of ether oxygens (including phenoxy) is 1. The van der Waals surface area contributed by atoms with Gasteiger partial charge in [-0.25, -0.2) is 0 Å². The molecule has 5 heteroatoms. The van der Waals surface area contributed by atoms with E-state index in [1.807, 2.05) is 19.0 Å². The lowest BCUT2D eigenvalue weighted by molar-refractivity contribution is -0.119. The Kier molecular flexibility index (Phi) is 3.88. The number of amides is 1. The van der Waals surface area contributed by atoms with E-state index in [2.05, 4.69) is 0 Å². The van der Waals surface area contributed by atoms with Crippen molar-refractivity contribution in [2.75, 3.05) is 25.6 Å². The quantitative estimate of drug-likeness (QED) is 0.733. The summed E-state index contributed by atoms with van der Waals surface area (Å²) < 4.78 is 5.15. The Morgan fingerprint density at radius 3 is 2.69 bits per heavy atom. The molecule has 1 rings (SSSR count). The van der Waals surface area contributed by atoms with E-state index in [0.29, 0.717) is 17.6 Å². The number of anilines is 1. The van der Waals surface area contributed by atoms with Crippen molar-refractivity contribution in [2.24, 2.45) is 5.73 Å². The normalized spacial score (nSPS) is 9.62. The lowest BCUT2D eigenvalue weighted by atomic mass is 10.2. The summed E-state index contributed by atoms with van der Waals surface area (Å²) in [6.07, 6.45) is 0.676. The summed E-state index contributed by atoms with van der Waals surface area (Å²) in [6, 6.07) is 5.12. The molecule has 0 unspecified atom stereocenters. The molecule has 1 aromatic rings. The molecular formula is C11H14N2O3. The summed E-state index contributed by atoms with van der Waals surface area (Å²) in [4.78, 5) is 23.2. The minimum atomic E-state index is -0.577. The summed E-state index contributed by atoms with van der Waals surface area (Å²) in [5.41, 5.74) is 6.24. The highest BCUT2D eigenvalue weighted by Gasteiger charge is 2.07. The molecule has 0 saturated heterocycles. The number of carbonyl (C=O) groups excluding carboxylic acids is 2. The van der Waals surface area contributed by atoms with Crippen LogP contribution in [0.25, 0.3) is 0 Å². The number of aldehydes is 1. The van der Waals surface area contributed by atoms with Crippen LogP contribution in [0, 0.1) is 0 Å². The van der Waals surface area contributed by atoms with Crippen molar-refractivity contribution < 1.29 is 14.3 Å². The molecule has 5 nitrogen and oxygen atoms in total. The minimum Gasteiger partial charge on any atom is -0.483 e. The first-order valence-electron chi connectivity index (χ1n) is 4.72. The molecule has 0 radical (unpaired) electrons. The zero-order chi connectivity index (χ0) is 12.1. The molecule has 0 heterocycles. The number of carbonyl (C=O) groups is 2. The van der Waals surface area contributed by atoms with Crippen molar-refractivity contribution in [1.82, 2.24) is 0 Å². The highest BCUT2D eigenvalue weighted by molar-refractivity contribution is 5.81. The molecule has 16 heavy (non-hydrogen) atoms. The highest BCUT2D eigenvalue weighted by atomic mass is 16.5. The molecule has 0 aliphatic carbocycles. The molecule has 2 N–H and O–H groups in total. The Balaban J connectivity index is 2.97. The maximum atomic E-state index is 10.7. The van der Waals surface area contributed by atoms with Crippen molar-refractivity contribution >= 4 is 17.9 Å². The van der Waals surface area contributed by atoms with Gasteiger partial charge in [0.05, 0.1) is 5.56 Å². The maximum absolute atomic E-state index is 10.7. The van der Waals surface area contributed by atoms with E-state index in [-0.39, 0.29) is 6.61 Å². The lowest BCUT2D eigenvalue weighted by Gasteiger charge is -2.15. The summed E-state index contributed by atoms with van der Waals surface area (Å²) in [5.74, 6) is -0.216. The van der Waals surface area contributed by atoms with E-state index < -0.39 is 5.91 Å². The number of hydrogen-bond donors (Lipinski definition) is 1. The number of benzene rings is 1. The molecule has 86 valence electrons. The first-order chi connectivity index (χ1) is 7.54. The summed E-state index contributed by atoms with van der Waals surface area (Å²) in [7, 11) is 3.74. The summed E-state index contributed by atoms with van der Waals surface area (Å²) >= 11 is 0. The van der Waals surface area contributed by atoms with Crippen molar-refractivity contribution in [3.8, 4) is 5.75 Å². The van der Waals surface area contributed by atoms with Crippen LogP contribution in [0.1, 0.15) is 10.4 Å². The molecule has 0 atom stereocenters. The van der Waals surface area contributed by atoms with Gasteiger partial charge in [0.25, 0.3) is 5.91 Å². The van der Waals surface area contributed by atoms with E-state index in [0.717, 1.165) is 5.69 Å². The fourth-order valence-corrected chi connectivity index (χ4v) is 1.17. The van der Waals surface area contributed by atoms with Crippen LogP contribution in [0.5, 0.6) is 5.75 Å². The van der Waals surface area contributed by atoms with E-state index >= 15 is 0 Å². The van der Waals surface area contributed by atoms with Crippen LogP contribution in [-0.2, 0) is 4.79 Å². The molecule has 1 amide bonds. The van der Waals surface area contributed by atoms with Gasteiger partial charge in [-0.2, -0.15) is 0 Å². The average Bonchev–Trinajstić information content (AvgIpc) is 2.25. The van der Waals surface area contributed by atoms with E-state index in [9.17, 15) is 9.59 Å². The van der Waals surface area contributed by atoms with Gasteiger partial charge in [-0.1, -0.05) is 0 Å². The largest absolute Gasteiger partial charge is 0.483 e. The third-order valence-corrected chi connectivity index (χ3v) is 2.01. The van der Waals surface area contributed by atoms with Crippen LogP contribution in [0.3, 0.4) is 0 Å². The number of rotatable bonds is 5. The monoisotopic (exact) mass is 222 g/mol. The molecule has 0 aromatic heterocycles. The fraction of sp³-hybridized carbons (Fsp3) is 0.273. The smallest absolute Gasteiger partial charge is 0.255 e. The van der Waals surface area contributed by atoms with Crippen LogP contribution >= 0.6 is 0 Å². The molecule has 0 spiro atoms. The Hall–Kier alpha value is -2.04. The Labute approximate surface area is 93.8 Å². The van der Waals surface area contributed by atoms with Crippen molar-refractivity contribution in [3.05, 3.63) is 23.8 Å².